The van der Waals surface area contributed by atoms with E-state index in [1.807, 2.05) is 6.07 Å². The van der Waals surface area contributed by atoms with Crippen molar-refractivity contribution in [1.29, 1.82) is 0 Å². The molecule has 2 amide bonds. The third-order valence-corrected chi connectivity index (χ3v) is 6.13. The number of aromatic nitrogens is 4. The number of hydrogen-bond acceptors (Lipinski definition) is 6. The van der Waals surface area contributed by atoms with Gasteiger partial charge in [-0.3, -0.25) is 19.4 Å². The lowest BCUT2D eigenvalue weighted by atomic mass is 10.0. The molecule has 0 unspecified atom stereocenters. The van der Waals surface area contributed by atoms with E-state index < -0.39 is 17.5 Å². The van der Waals surface area contributed by atoms with Gasteiger partial charge in [-0.2, -0.15) is 0 Å². The summed E-state index contributed by atoms with van der Waals surface area (Å²) in [5.41, 5.74) is 1.69. The minimum absolute atomic E-state index is 0.0113. The lowest BCUT2D eigenvalue weighted by Crippen LogP contribution is -2.56. The van der Waals surface area contributed by atoms with E-state index >= 15 is 0 Å². The topological polar surface area (TPSA) is 112 Å². The number of fused-ring (bicyclic) bond motifs is 1. The zero-order chi connectivity index (χ0) is 24.5. The molecule has 176 valence electrons. The number of benzene rings is 1. The van der Waals surface area contributed by atoms with Crippen molar-refractivity contribution in [1.82, 2.24) is 29.7 Å². The van der Waals surface area contributed by atoms with Crippen LogP contribution in [-0.2, 0) is 4.79 Å². The Kier molecular flexibility index (Phi) is 5.77. The Morgan fingerprint density at radius 1 is 1.06 bits per heavy atom. The molecule has 1 N–H and O–H groups in total. The van der Waals surface area contributed by atoms with E-state index in [0.29, 0.717) is 23.4 Å². The Hall–Kier alpha value is -4.47. The Morgan fingerprint density at radius 2 is 1.80 bits per heavy atom. The van der Waals surface area contributed by atoms with Gasteiger partial charge in [-0.15, -0.1) is 0 Å². The van der Waals surface area contributed by atoms with Gasteiger partial charge in [0.15, 0.2) is 5.82 Å². The molecule has 0 saturated carbocycles. The maximum Gasteiger partial charge on any atom is 0.295 e. The number of aromatic amines is 1. The average molecular weight is 472 g/mol. The van der Waals surface area contributed by atoms with Crippen molar-refractivity contribution in [2.45, 2.75) is 13.0 Å². The number of carbonyl (C=O) groups excluding carboxylic acids is 3. The number of rotatable bonds is 4. The van der Waals surface area contributed by atoms with Crippen molar-refractivity contribution in [2.75, 3.05) is 19.6 Å². The fourth-order valence-electron chi connectivity index (χ4n) is 4.38. The fraction of sp³-hybridized carbons (Fsp3) is 0.200. The molecule has 10 heteroatoms. The molecule has 0 bridgehead atoms. The highest BCUT2D eigenvalue weighted by Gasteiger charge is 2.34. The molecule has 5 rings (SSSR count). The summed E-state index contributed by atoms with van der Waals surface area (Å²) in [5, 5.41) is -0.0113. The van der Waals surface area contributed by atoms with Gasteiger partial charge in [0.2, 0.25) is 0 Å². The van der Waals surface area contributed by atoms with Crippen molar-refractivity contribution in [2.24, 2.45) is 0 Å². The highest BCUT2D eigenvalue weighted by atomic mass is 19.1. The van der Waals surface area contributed by atoms with Crippen LogP contribution >= 0.6 is 0 Å². The molecule has 0 spiro atoms. The first-order chi connectivity index (χ1) is 17.0. The largest absolute Gasteiger partial charge is 0.359 e. The number of carbonyl (C=O) groups is 3. The summed E-state index contributed by atoms with van der Waals surface area (Å²) in [6, 6.07) is 8.51. The van der Waals surface area contributed by atoms with Crippen LogP contribution in [0.1, 0.15) is 27.6 Å². The maximum atomic E-state index is 14.8. The first-order valence-electron chi connectivity index (χ1n) is 11.1. The second-order valence-electron chi connectivity index (χ2n) is 8.33. The Labute approximate surface area is 199 Å². The van der Waals surface area contributed by atoms with Crippen LogP contribution in [0.2, 0.25) is 0 Å². The van der Waals surface area contributed by atoms with Gasteiger partial charge in [0.1, 0.15) is 6.33 Å². The number of hydrogen-bond donors (Lipinski definition) is 1. The smallest absolute Gasteiger partial charge is 0.295 e. The molecule has 1 aliphatic heterocycles. The summed E-state index contributed by atoms with van der Waals surface area (Å²) in [6.45, 7) is 2.56. The average Bonchev–Trinajstić information content (AvgIpc) is 3.35. The van der Waals surface area contributed by atoms with Gasteiger partial charge in [0.05, 0.1) is 28.4 Å². The van der Waals surface area contributed by atoms with Crippen molar-refractivity contribution in [3.05, 3.63) is 78.4 Å². The quantitative estimate of drug-likeness (QED) is 0.361. The number of nitrogens with zero attached hydrogens (tertiary/aromatic N) is 5. The van der Waals surface area contributed by atoms with Gasteiger partial charge in [-0.05, 0) is 19.1 Å². The standard InChI is InChI=1S/C25H21FN6O3/c1-15-13-31(24(34)16-5-3-2-4-6-16)7-8-32(15)25(35)23(33)18-11-29-22-20(18)19(26)12-30-21(22)17-9-27-14-28-10-17/h2-6,9-12,14-15,29H,7-8,13H2,1H3/t15-/m1/s1. The van der Waals surface area contributed by atoms with Crippen LogP contribution in [0.4, 0.5) is 4.39 Å². The van der Waals surface area contributed by atoms with E-state index in [-0.39, 0.29) is 41.5 Å². The van der Waals surface area contributed by atoms with E-state index in [2.05, 4.69) is 19.9 Å². The summed E-state index contributed by atoms with van der Waals surface area (Å²) in [4.78, 5) is 57.1. The number of Topliss-reactive ketones (excluding diaryl/α,β-unsaturated/α-hetero) is 1. The summed E-state index contributed by atoms with van der Waals surface area (Å²) < 4.78 is 14.8. The molecular weight excluding hydrogens is 451 g/mol. The minimum Gasteiger partial charge on any atom is -0.359 e. The van der Waals surface area contributed by atoms with Gasteiger partial charge >= 0.3 is 0 Å². The van der Waals surface area contributed by atoms with Crippen molar-refractivity contribution in [3.63, 3.8) is 0 Å². The van der Waals surface area contributed by atoms with Crippen LogP contribution in [0.3, 0.4) is 0 Å². The number of halogens is 1. The molecule has 35 heavy (non-hydrogen) atoms. The van der Waals surface area contributed by atoms with Crippen LogP contribution in [-0.4, -0.2) is 73.0 Å². The van der Waals surface area contributed by atoms with Crippen LogP contribution < -0.4 is 0 Å². The summed E-state index contributed by atoms with van der Waals surface area (Å²) in [5.74, 6) is -2.42. The third-order valence-electron chi connectivity index (χ3n) is 6.13. The number of pyridine rings is 1. The normalized spacial score (nSPS) is 15.9. The third kappa shape index (κ3) is 4.03. The van der Waals surface area contributed by atoms with Gasteiger partial charge in [-0.25, -0.2) is 14.4 Å². The van der Waals surface area contributed by atoms with Gasteiger partial charge in [0.25, 0.3) is 17.6 Å². The molecule has 1 saturated heterocycles. The molecule has 4 heterocycles. The first-order valence-corrected chi connectivity index (χ1v) is 11.1. The highest BCUT2D eigenvalue weighted by molar-refractivity contribution is 6.45. The van der Waals surface area contributed by atoms with Crippen molar-refractivity contribution in [3.8, 4) is 11.3 Å². The van der Waals surface area contributed by atoms with Crippen molar-refractivity contribution >= 4 is 28.5 Å². The molecule has 1 fully saturated rings. The molecule has 1 aromatic carbocycles. The van der Waals surface area contributed by atoms with Crippen molar-refractivity contribution < 1.29 is 18.8 Å². The molecular formula is C25H21FN6O3. The predicted molar refractivity (Wildman–Crippen MR) is 125 cm³/mol. The molecule has 1 atom stereocenters. The Morgan fingerprint density at radius 3 is 2.51 bits per heavy atom. The van der Waals surface area contributed by atoms with Crippen LogP contribution in [0, 0.1) is 5.82 Å². The molecule has 9 nitrogen and oxygen atoms in total. The minimum atomic E-state index is -0.828. The van der Waals surface area contributed by atoms with Crippen LogP contribution in [0.5, 0.6) is 0 Å². The van der Waals surface area contributed by atoms with E-state index in [9.17, 15) is 18.8 Å². The number of nitrogens with one attached hydrogen (secondary N) is 1. The highest BCUT2D eigenvalue weighted by Crippen LogP contribution is 2.30. The van der Waals surface area contributed by atoms with Gasteiger partial charge < -0.3 is 14.8 Å². The summed E-state index contributed by atoms with van der Waals surface area (Å²) in [6.07, 6.45) is 6.75. The van der Waals surface area contributed by atoms with Crippen LogP contribution in [0.15, 0.2) is 61.4 Å². The van der Waals surface area contributed by atoms with E-state index in [1.165, 1.54) is 29.8 Å². The molecule has 1 aliphatic rings. The summed E-state index contributed by atoms with van der Waals surface area (Å²) in [7, 11) is 0. The Balaban J connectivity index is 1.38. The molecule has 0 aliphatic carbocycles. The number of amides is 2. The van der Waals surface area contributed by atoms with Crippen LogP contribution in [0.25, 0.3) is 22.2 Å². The zero-order valence-corrected chi connectivity index (χ0v) is 18.8. The number of piperazine rings is 1. The Bertz CT molecular complexity index is 1420. The second-order valence-corrected chi connectivity index (χ2v) is 8.33. The maximum absolute atomic E-state index is 14.8. The lowest BCUT2D eigenvalue weighted by molar-refractivity contribution is -0.130. The summed E-state index contributed by atoms with van der Waals surface area (Å²) >= 11 is 0. The zero-order valence-electron chi connectivity index (χ0n) is 18.8. The number of ketones is 1. The van der Waals surface area contributed by atoms with E-state index in [1.54, 1.807) is 36.1 Å². The monoisotopic (exact) mass is 472 g/mol. The van der Waals surface area contributed by atoms with Gasteiger partial charge in [-0.1, -0.05) is 18.2 Å². The van der Waals surface area contributed by atoms with E-state index in [4.69, 9.17) is 0 Å². The molecule has 4 aromatic rings. The molecule has 3 aromatic heterocycles. The second kappa shape index (κ2) is 9.05. The number of H-pyrrole nitrogens is 1. The fourth-order valence-corrected chi connectivity index (χ4v) is 4.38. The lowest BCUT2D eigenvalue weighted by Gasteiger charge is -2.39. The van der Waals surface area contributed by atoms with Gasteiger partial charge in [0, 0.05) is 55.4 Å². The first kappa shape index (κ1) is 22.3. The SMILES string of the molecule is C[C@@H]1CN(C(=O)c2ccccc2)CCN1C(=O)C(=O)c1c[nH]c2c(-c3cncnc3)ncc(F)c12. The molecule has 0 radical (unpaired) electrons. The van der Waals surface area contributed by atoms with E-state index in [0.717, 1.165) is 6.20 Å². The predicted octanol–water partition coefficient (Wildman–Crippen LogP) is 2.71.